The van der Waals surface area contributed by atoms with Crippen LogP contribution in [0.4, 0.5) is 34.1 Å². The highest BCUT2D eigenvalue weighted by Gasteiger charge is 2.25. The van der Waals surface area contributed by atoms with E-state index in [4.69, 9.17) is 0 Å². The normalized spacial score (nSPS) is 11.5. The fraction of sp³-hybridized carbons (Fsp3) is 0.0204. The Morgan fingerprint density at radius 1 is 0.275 bits per heavy atom. The van der Waals surface area contributed by atoms with Crippen LogP contribution in [0, 0.1) is 0 Å². The Morgan fingerprint density at radius 3 is 1.12 bits per heavy atom. The van der Waals surface area contributed by atoms with Gasteiger partial charge in [0.2, 0.25) is 0 Å². The third kappa shape index (κ3) is 5.77. The number of rotatable bonds is 8. The Hall–Kier alpha value is -6.64. The fourth-order valence-corrected chi connectivity index (χ4v) is 7.55. The van der Waals surface area contributed by atoms with Crippen LogP contribution < -0.4 is 9.80 Å². The molecule has 0 N–H and O–H groups in total. The van der Waals surface area contributed by atoms with Crippen molar-refractivity contribution >= 4 is 34.1 Å². The van der Waals surface area contributed by atoms with Crippen molar-refractivity contribution in [3.8, 4) is 33.4 Å². The average molecular weight is 653 g/mol. The van der Waals surface area contributed by atoms with E-state index in [-0.39, 0.29) is 0 Å². The molecule has 51 heavy (non-hydrogen) atoms. The number of nitrogens with zero attached hydrogens (tertiary/aromatic N) is 2. The highest BCUT2D eigenvalue weighted by atomic mass is 15.1. The summed E-state index contributed by atoms with van der Waals surface area (Å²) in [7, 11) is 0. The van der Waals surface area contributed by atoms with Gasteiger partial charge in [-0.2, -0.15) is 0 Å². The van der Waals surface area contributed by atoms with Gasteiger partial charge >= 0.3 is 0 Å². The van der Waals surface area contributed by atoms with Gasteiger partial charge in [0.1, 0.15) is 0 Å². The zero-order valence-electron chi connectivity index (χ0n) is 28.2. The van der Waals surface area contributed by atoms with Crippen molar-refractivity contribution in [2.75, 3.05) is 9.80 Å². The minimum atomic E-state index is 0.921. The molecule has 0 heterocycles. The van der Waals surface area contributed by atoms with E-state index in [0.29, 0.717) is 0 Å². The Balaban J connectivity index is 1.15. The summed E-state index contributed by atoms with van der Waals surface area (Å²) < 4.78 is 0. The van der Waals surface area contributed by atoms with Crippen LogP contribution in [0.1, 0.15) is 11.1 Å². The van der Waals surface area contributed by atoms with E-state index >= 15 is 0 Å². The van der Waals surface area contributed by atoms with E-state index in [1.165, 1.54) is 44.5 Å². The first-order chi connectivity index (χ1) is 25.3. The van der Waals surface area contributed by atoms with Crippen LogP contribution >= 0.6 is 0 Å². The Bertz CT molecular complexity index is 2320. The number of hydrogen-bond acceptors (Lipinski definition) is 2. The molecule has 0 atom stereocenters. The number of benzene rings is 8. The van der Waals surface area contributed by atoms with Crippen molar-refractivity contribution in [2.45, 2.75) is 6.42 Å². The molecule has 2 heteroatoms. The van der Waals surface area contributed by atoms with Crippen LogP contribution in [0.3, 0.4) is 0 Å². The Labute approximate surface area is 300 Å². The highest BCUT2D eigenvalue weighted by Crippen LogP contribution is 2.47. The van der Waals surface area contributed by atoms with E-state index in [1.807, 2.05) is 0 Å². The largest absolute Gasteiger partial charge is 0.311 e. The number of anilines is 6. The maximum Gasteiger partial charge on any atom is 0.0462 e. The van der Waals surface area contributed by atoms with Gasteiger partial charge < -0.3 is 9.80 Å². The number of para-hydroxylation sites is 4. The minimum Gasteiger partial charge on any atom is -0.311 e. The molecule has 0 aliphatic heterocycles. The molecule has 8 aromatic rings. The molecule has 2 nitrogen and oxygen atoms in total. The third-order valence-corrected chi connectivity index (χ3v) is 9.90. The Kier molecular flexibility index (Phi) is 7.96. The van der Waals surface area contributed by atoms with Crippen LogP contribution in [0.25, 0.3) is 33.4 Å². The molecule has 0 saturated heterocycles. The quantitative estimate of drug-likeness (QED) is 0.161. The van der Waals surface area contributed by atoms with Gasteiger partial charge in [-0.05, 0) is 124 Å². The predicted octanol–water partition coefficient (Wildman–Crippen LogP) is 13.5. The summed E-state index contributed by atoms with van der Waals surface area (Å²) >= 11 is 0. The lowest BCUT2D eigenvalue weighted by Gasteiger charge is -2.26. The van der Waals surface area contributed by atoms with Gasteiger partial charge in [-0.3, -0.25) is 0 Å². The second-order valence-corrected chi connectivity index (χ2v) is 13.0. The molecule has 0 saturated carbocycles. The third-order valence-electron chi connectivity index (χ3n) is 9.90. The van der Waals surface area contributed by atoms with Crippen LogP contribution in [0.15, 0.2) is 206 Å². The van der Waals surface area contributed by atoms with Crippen LogP contribution in [0.5, 0.6) is 0 Å². The molecule has 0 aromatic heterocycles. The molecule has 9 rings (SSSR count). The summed E-state index contributed by atoms with van der Waals surface area (Å²) in [6.07, 6.45) is 0.921. The molecule has 0 fully saturated rings. The number of hydrogen-bond donors (Lipinski definition) is 0. The maximum absolute atomic E-state index is 2.33. The molecule has 0 spiro atoms. The number of fused-ring (bicyclic) bond motifs is 3. The molecular formula is C49H36N2. The average Bonchev–Trinajstić information content (AvgIpc) is 3.59. The summed E-state index contributed by atoms with van der Waals surface area (Å²) in [4.78, 5) is 4.63. The smallest absolute Gasteiger partial charge is 0.0462 e. The molecular weight excluding hydrogens is 617 g/mol. The molecule has 8 aromatic carbocycles. The van der Waals surface area contributed by atoms with Crippen molar-refractivity contribution < 1.29 is 0 Å². The van der Waals surface area contributed by atoms with Crippen molar-refractivity contribution in [2.24, 2.45) is 0 Å². The van der Waals surface area contributed by atoms with E-state index < -0.39 is 0 Å². The van der Waals surface area contributed by atoms with Crippen LogP contribution in [0.2, 0.25) is 0 Å². The van der Waals surface area contributed by atoms with Gasteiger partial charge in [-0.15, -0.1) is 0 Å². The highest BCUT2D eigenvalue weighted by molar-refractivity contribution is 5.94. The molecule has 0 radical (unpaired) electrons. The SMILES string of the molecule is c1ccc(N(c2ccccc2)c2ccc(-c3ccc4c(c3-c3ccc(N(c5ccccc5)c5ccccc5)cc3)Cc3ccccc3-4)cc2)cc1. The van der Waals surface area contributed by atoms with E-state index in [2.05, 4.69) is 216 Å². The lowest BCUT2D eigenvalue weighted by Crippen LogP contribution is -2.09. The van der Waals surface area contributed by atoms with Gasteiger partial charge in [0.15, 0.2) is 0 Å². The summed E-state index contributed by atoms with van der Waals surface area (Å²) in [6.45, 7) is 0. The lowest BCUT2D eigenvalue weighted by molar-refractivity contribution is 1.26. The lowest BCUT2D eigenvalue weighted by atomic mass is 9.87. The molecule has 0 unspecified atom stereocenters. The van der Waals surface area contributed by atoms with Crippen molar-refractivity contribution in [3.63, 3.8) is 0 Å². The van der Waals surface area contributed by atoms with Gasteiger partial charge in [0.25, 0.3) is 0 Å². The standard InChI is InChI=1S/C49H36N2/c1-5-16-39(17-6-1)50(40-18-7-2-8-19-40)43-29-25-36(26-30-43)46-33-34-47-45-24-14-13-15-38(45)35-48(47)49(46)37-27-31-44(32-28-37)51(41-20-9-3-10-21-41)42-22-11-4-12-23-42/h1-34H,35H2. The first kappa shape index (κ1) is 30.4. The molecule has 1 aliphatic carbocycles. The second kappa shape index (κ2) is 13.3. The van der Waals surface area contributed by atoms with Gasteiger partial charge in [0, 0.05) is 34.1 Å². The second-order valence-electron chi connectivity index (χ2n) is 13.0. The summed E-state index contributed by atoms with van der Waals surface area (Å²) in [5.41, 5.74) is 17.2. The monoisotopic (exact) mass is 652 g/mol. The molecule has 242 valence electrons. The van der Waals surface area contributed by atoms with Crippen molar-refractivity contribution in [1.29, 1.82) is 0 Å². The van der Waals surface area contributed by atoms with Gasteiger partial charge in [-0.25, -0.2) is 0 Å². The van der Waals surface area contributed by atoms with Crippen molar-refractivity contribution in [3.05, 3.63) is 217 Å². The zero-order chi connectivity index (χ0) is 34.0. The van der Waals surface area contributed by atoms with Crippen LogP contribution in [-0.4, -0.2) is 0 Å². The summed E-state index contributed by atoms with van der Waals surface area (Å²) in [6, 6.07) is 74.1. The summed E-state index contributed by atoms with van der Waals surface area (Å²) in [5.74, 6) is 0. The van der Waals surface area contributed by atoms with Crippen molar-refractivity contribution in [1.82, 2.24) is 0 Å². The minimum absolute atomic E-state index is 0.921. The van der Waals surface area contributed by atoms with E-state index in [9.17, 15) is 0 Å². The first-order valence-electron chi connectivity index (χ1n) is 17.6. The van der Waals surface area contributed by atoms with Crippen LogP contribution in [-0.2, 0) is 6.42 Å². The summed E-state index contributed by atoms with van der Waals surface area (Å²) in [5, 5.41) is 0. The van der Waals surface area contributed by atoms with Gasteiger partial charge in [0.05, 0.1) is 0 Å². The van der Waals surface area contributed by atoms with E-state index in [1.54, 1.807) is 0 Å². The molecule has 1 aliphatic rings. The predicted molar refractivity (Wildman–Crippen MR) is 215 cm³/mol. The topological polar surface area (TPSA) is 6.48 Å². The first-order valence-corrected chi connectivity index (χ1v) is 17.6. The maximum atomic E-state index is 2.33. The zero-order valence-corrected chi connectivity index (χ0v) is 28.2. The Morgan fingerprint density at radius 2 is 0.647 bits per heavy atom. The van der Waals surface area contributed by atoms with E-state index in [0.717, 1.165) is 40.5 Å². The molecule has 0 amide bonds. The van der Waals surface area contributed by atoms with Gasteiger partial charge in [-0.1, -0.05) is 133 Å². The molecule has 0 bridgehead atoms. The fourth-order valence-electron chi connectivity index (χ4n) is 7.55.